The Labute approximate surface area is 177 Å². The molecule has 7 nitrogen and oxygen atoms in total. The molecule has 0 aliphatic rings. The van der Waals surface area contributed by atoms with Crippen molar-refractivity contribution in [2.75, 3.05) is 6.61 Å². The first-order valence-corrected chi connectivity index (χ1v) is 9.41. The third kappa shape index (κ3) is 4.54. The molecule has 1 heterocycles. The number of ether oxygens (including phenoxy) is 2. The Kier molecular flexibility index (Phi) is 5.63. The predicted molar refractivity (Wildman–Crippen MR) is 114 cm³/mol. The van der Waals surface area contributed by atoms with Crippen molar-refractivity contribution in [3.05, 3.63) is 96.0 Å². The molecule has 0 unspecified atom stereocenters. The Bertz CT molecular complexity index is 1250. The molecule has 0 saturated heterocycles. The number of aliphatic hydroxyl groups is 1. The summed E-state index contributed by atoms with van der Waals surface area (Å²) in [6.45, 7) is -0.457. The Morgan fingerprint density at radius 1 is 0.968 bits per heavy atom. The molecular weight excluding hydrogens is 394 g/mol. The number of H-pyrrole nitrogens is 1. The molecular formula is C24H17N3O4. The number of nitrogens with one attached hydrogen (secondary N) is 1. The molecule has 2 N–H and O–H groups in total. The van der Waals surface area contributed by atoms with E-state index in [0.29, 0.717) is 17.0 Å². The van der Waals surface area contributed by atoms with Gasteiger partial charge in [0, 0.05) is 0 Å². The van der Waals surface area contributed by atoms with Gasteiger partial charge in [-0.1, -0.05) is 30.3 Å². The number of aromatic nitrogens is 2. The molecule has 0 fully saturated rings. The standard InChI is InChI=1S/C24H17N3O4/c25-14-19(23-26-20-8-4-5-9-21(20)27-23)22(28)15-30-24(29)16-10-12-18(13-11-16)31-17-6-2-1-3-7-17/h1-13,28H,15H2,(H,26,27)/b22-19-. The molecule has 0 aliphatic carbocycles. The summed E-state index contributed by atoms with van der Waals surface area (Å²) in [4.78, 5) is 19.6. The summed E-state index contributed by atoms with van der Waals surface area (Å²) in [6, 6.07) is 24.8. The second kappa shape index (κ2) is 8.84. The quantitative estimate of drug-likeness (QED) is 0.262. The summed E-state index contributed by atoms with van der Waals surface area (Å²) in [7, 11) is 0. The van der Waals surface area contributed by atoms with Crippen LogP contribution in [0.3, 0.4) is 0 Å². The number of nitriles is 1. The molecule has 4 aromatic rings. The second-order valence-corrected chi connectivity index (χ2v) is 6.55. The van der Waals surface area contributed by atoms with Crippen LogP contribution in [0.5, 0.6) is 11.5 Å². The zero-order valence-electron chi connectivity index (χ0n) is 16.3. The smallest absolute Gasteiger partial charge is 0.338 e. The van der Waals surface area contributed by atoms with Crippen LogP contribution in [0.2, 0.25) is 0 Å². The van der Waals surface area contributed by atoms with Gasteiger partial charge in [0.1, 0.15) is 29.7 Å². The zero-order chi connectivity index (χ0) is 21.6. The fraction of sp³-hybridized carbons (Fsp3) is 0.0417. The minimum Gasteiger partial charge on any atom is -0.507 e. The molecule has 0 saturated carbocycles. The Balaban J connectivity index is 1.42. The molecule has 0 bridgehead atoms. The highest BCUT2D eigenvalue weighted by Gasteiger charge is 2.15. The van der Waals surface area contributed by atoms with Crippen LogP contribution in [0.4, 0.5) is 0 Å². The minimum atomic E-state index is -0.639. The van der Waals surface area contributed by atoms with Gasteiger partial charge in [0.05, 0.1) is 16.6 Å². The number of rotatable bonds is 6. The van der Waals surface area contributed by atoms with Crippen molar-refractivity contribution in [2.45, 2.75) is 0 Å². The summed E-state index contributed by atoms with van der Waals surface area (Å²) >= 11 is 0. The van der Waals surface area contributed by atoms with E-state index in [-0.39, 0.29) is 22.7 Å². The van der Waals surface area contributed by atoms with E-state index in [0.717, 1.165) is 5.52 Å². The maximum atomic E-state index is 12.3. The number of hydrogen-bond donors (Lipinski definition) is 2. The topological polar surface area (TPSA) is 108 Å². The van der Waals surface area contributed by atoms with Gasteiger partial charge in [0.2, 0.25) is 0 Å². The van der Waals surface area contributed by atoms with Gasteiger partial charge in [-0.05, 0) is 48.5 Å². The number of para-hydroxylation sites is 3. The largest absolute Gasteiger partial charge is 0.507 e. The normalized spacial score (nSPS) is 11.5. The van der Waals surface area contributed by atoms with Crippen molar-refractivity contribution in [1.82, 2.24) is 9.97 Å². The average Bonchev–Trinajstić information content (AvgIpc) is 3.23. The van der Waals surface area contributed by atoms with Gasteiger partial charge in [-0.3, -0.25) is 0 Å². The van der Waals surface area contributed by atoms with E-state index in [2.05, 4.69) is 9.97 Å². The predicted octanol–water partition coefficient (Wildman–Crippen LogP) is 5.00. The summed E-state index contributed by atoms with van der Waals surface area (Å²) in [5.41, 5.74) is 1.59. The third-order valence-electron chi connectivity index (χ3n) is 4.44. The van der Waals surface area contributed by atoms with Crippen LogP contribution in [0.25, 0.3) is 16.6 Å². The van der Waals surface area contributed by atoms with Gasteiger partial charge in [-0.25, -0.2) is 9.78 Å². The first kappa shape index (κ1) is 19.7. The van der Waals surface area contributed by atoms with E-state index in [1.165, 1.54) is 0 Å². The fourth-order valence-corrected chi connectivity index (χ4v) is 2.90. The van der Waals surface area contributed by atoms with Crippen LogP contribution in [-0.4, -0.2) is 27.7 Å². The van der Waals surface area contributed by atoms with Crippen molar-refractivity contribution in [3.63, 3.8) is 0 Å². The lowest BCUT2D eigenvalue weighted by molar-refractivity contribution is 0.0502. The van der Waals surface area contributed by atoms with Crippen molar-refractivity contribution in [1.29, 1.82) is 5.26 Å². The van der Waals surface area contributed by atoms with Crippen LogP contribution < -0.4 is 4.74 Å². The van der Waals surface area contributed by atoms with Gasteiger partial charge in [0.15, 0.2) is 11.6 Å². The monoisotopic (exact) mass is 411 g/mol. The van der Waals surface area contributed by atoms with E-state index < -0.39 is 12.6 Å². The molecule has 1 aromatic heterocycles. The molecule has 0 radical (unpaired) electrons. The van der Waals surface area contributed by atoms with Crippen LogP contribution in [0, 0.1) is 11.3 Å². The van der Waals surface area contributed by atoms with Crippen molar-refractivity contribution >= 4 is 22.6 Å². The number of allylic oxidation sites excluding steroid dienone is 1. The second-order valence-electron chi connectivity index (χ2n) is 6.55. The lowest BCUT2D eigenvalue weighted by atomic mass is 10.2. The number of aromatic amines is 1. The molecule has 0 spiro atoms. The van der Waals surface area contributed by atoms with Crippen molar-refractivity contribution in [2.24, 2.45) is 0 Å². The van der Waals surface area contributed by atoms with Gasteiger partial charge < -0.3 is 19.6 Å². The van der Waals surface area contributed by atoms with E-state index in [1.807, 2.05) is 54.6 Å². The van der Waals surface area contributed by atoms with E-state index in [1.54, 1.807) is 30.3 Å². The number of benzene rings is 3. The highest BCUT2D eigenvalue weighted by atomic mass is 16.5. The highest BCUT2D eigenvalue weighted by molar-refractivity contribution is 5.90. The number of esters is 1. The van der Waals surface area contributed by atoms with Crippen molar-refractivity contribution in [3.8, 4) is 17.6 Å². The summed E-state index contributed by atoms with van der Waals surface area (Å²) in [5, 5.41) is 19.7. The Morgan fingerprint density at radius 3 is 2.35 bits per heavy atom. The number of nitrogens with zero attached hydrogens (tertiary/aromatic N) is 2. The van der Waals surface area contributed by atoms with Crippen LogP contribution in [-0.2, 0) is 4.74 Å². The molecule has 7 heteroatoms. The molecule has 0 aliphatic heterocycles. The Hall–Kier alpha value is -4.57. The lowest BCUT2D eigenvalue weighted by Crippen LogP contribution is -2.09. The lowest BCUT2D eigenvalue weighted by Gasteiger charge is -2.08. The molecule has 31 heavy (non-hydrogen) atoms. The van der Waals surface area contributed by atoms with Gasteiger partial charge in [-0.15, -0.1) is 0 Å². The van der Waals surface area contributed by atoms with E-state index in [9.17, 15) is 15.2 Å². The van der Waals surface area contributed by atoms with Gasteiger partial charge in [-0.2, -0.15) is 5.26 Å². The number of carbonyl (C=O) groups is 1. The zero-order valence-corrected chi connectivity index (χ0v) is 16.3. The molecule has 3 aromatic carbocycles. The van der Waals surface area contributed by atoms with Crippen LogP contribution >= 0.6 is 0 Å². The number of aliphatic hydroxyl groups excluding tert-OH is 1. The number of fused-ring (bicyclic) bond motifs is 1. The third-order valence-corrected chi connectivity index (χ3v) is 4.44. The minimum absolute atomic E-state index is 0.0874. The van der Waals surface area contributed by atoms with Crippen LogP contribution in [0.15, 0.2) is 84.6 Å². The Morgan fingerprint density at radius 2 is 1.65 bits per heavy atom. The average molecular weight is 411 g/mol. The highest BCUT2D eigenvalue weighted by Crippen LogP contribution is 2.22. The van der Waals surface area contributed by atoms with E-state index >= 15 is 0 Å². The number of imidazole rings is 1. The molecule has 152 valence electrons. The summed E-state index contributed by atoms with van der Waals surface area (Å²) in [6.07, 6.45) is 0. The van der Waals surface area contributed by atoms with Gasteiger partial charge >= 0.3 is 5.97 Å². The SMILES string of the molecule is N#C/C(=C(/O)COC(=O)c1ccc(Oc2ccccc2)cc1)c1nc2ccccc2[nH]1. The van der Waals surface area contributed by atoms with Gasteiger partial charge in [0.25, 0.3) is 0 Å². The first-order valence-electron chi connectivity index (χ1n) is 9.41. The van der Waals surface area contributed by atoms with Crippen molar-refractivity contribution < 1.29 is 19.4 Å². The molecule has 4 rings (SSSR count). The molecule has 0 amide bonds. The molecule has 0 atom stereocenters. The summed E-state index contributed by atoms with van der Waals surface area (Å²) < 4.78 is 10.8. The fourth-order valence-electron chi connectivity index (χ4n) is 2.90. The van der Waals surface area contributed by atoms with E-state index in [4.69, 9.17) is 9.47 Å². The first-order chi connectivity index (χ1) is 15.1. The summed E-state index contributed by atoms with van der Waals surface area (Å²) in [5.74, 6) is 0.433. The maximum Gasteiger partial charge on any atom is 0.338 e. The maximum absolute atomic E-state index is 12.3. The number of hydrogen-bond acceptors (Lipinski definition) is 6. The number of carbonyl (C=O) groups excluding carboxylic acids is 1. The van der Waals surface area contributed by atoms with Crippen LogP contribution in [0.1, 0.15) is 16.2 Å².